The van der Waals surface area contributed by atoms with Gasteiger partial charge in [-0.2, -0.15) is 0 Å². The molecule has 2 heterocycles. The van der Waals surface area contributed by atoms with Crippen LogP contribution in [0.5, 0.6) is 11.5 Å². The van der Waals surface area contributed by atoms with Crippen molar-refractivity contribution in [3.05, 3.63) is 39.5 Å². The van der Waals surface area contributed by atoms with Crippen LogP contribution in [0.25, 0.3) is 0 Å². The average Bonchev–Trinajstić information content (AvgIpc) is 3.03. The van der Waals surface area contributed by atoms with Gasteiger partial charge in [0, 0.05) is 31.5 Å². The first kappa shape index (κ1) is 17.6. The average molecular weight is 381 g/mol. The van der Waals surface area contributed by atoms with Gasteiger partial charge in [0.2, 0.25) is 5.91 Å². The van der Waals surface area contributed by atoms with E-state index >= 15 is 0 Å². The molecule has 1 aliphatic rings. The van der Waals surface area contributed by atoms with Crippen molar-refractivity contribution in [2.24, 2.45) is 0 Å². The second-order valence-electron chi connectivity index (χ2n) is 5.36. The van der Waals surface area contributed by atoms with Gasteiger partial charge in [0.25, 0.3) is 5.91 Å². The summed E-state index contributed by atoms with van der Waals surface area (Å²) in [6.07, 6.45) is 0.930. The zero-order valence-electron chi connectivity index (χ0n) is 13.3. The summed E-state index contributed by atoms with van der Waals surface area (Å²) in [6.45, 7) is 1.36. The molecule has 0 saturated carbocycles. The first-order chi connectivity index (χ1) is 12.1. The number of nitrogens with one attached hydrogen (secondary N) is 2. The largest absolute Gasteiger partial charge is 0.490 e. The first-order valence-corrected chi connectivity index (χ1v) is 9.10. The molecule has 6 nitrogen and oxygen atoms in total. The van der Waals surface area contributed by atoms with E-state index in [2.05, 4.69) is 10.6 Å². The maximum Gasteiger partial charge on any atom is 0.261 e. The molecule has 3 rings (SSSR count). The van der Waals surface area contributed by atoms with Crippen molar-refractivity contribution in [2.75, 3.05) is 25.1 Å². The van der Waals surface area contributed by atoms with Gasteiger partial charge in [-0.1, -0.05) is 17.7 Å². The van der Waals surface area contributed by atoms with Gasteiger partial charge in [-0.05, 0) is 11.4 Å². The highest BCUT2D eigenvalue weighted by Gasteiger charge is 2.15. The number of ether oxygens (including phenoxy) is 2. The lowest BCUT2D eigenvalue weighted by Gasteiger charge is -2.12. The minimum atomic E-state index is -0.247. The monoisotopic (exact) mass is 380 g/mol. The van der Waals surface area contributed by atoms with Crippen LogP contribution in [-0.2, 0) is 4.79 Å². The molecule has 0 aliphatic carbocycles. The Bertz CT molecular complexity index is 764. The number of thiophene rings is 1. The Hall–Kier alpha value is -2.25. The minimum absolute atomic E-state index is 0.141. The Morgan fingerprint density at radius 1 is 1.20 bits per heavy atom. The zero-order valence-corrected chi connectivity index (χ0v) is 14.9. The van der Waals surface area contributed by atoms with Gasteiger partial charge in [0.1, 0.15) is 0 Å². The molecule has 0 saturated heterocycles. The number of carbonyl (C=O) groups excluding carboxylic acids is 2. The molecule has 2 amide bonds. The van der Waals surface area contributed by atoms with Crippen molar-refractivity contribution in [2.45, 2.75) is 12.8 Å². The van der Waals surface area contributed by atoms with Gasteiger partial charge >= 0.3 is 0 Å². The molecule has 1 aromatic carbocycles. The topological polar surface area (TPSA) is 76.7 Å². The van der Waals surface area contributed by atoms with Crippen molar-refractivity contribution < 1.29 is 19.1 Å². The van der Waals surface area contributed by atoms with Crippen LogP contribution in [-0.4, -0.2) is 31.6 Å². The van der Waals surface area contributed by atoms with E-state index in [0.717, 1.165) is 6.42 Å². The lowest BCUT2D eigenvalue weighted by atomic mass is 10.2. The van der Waals surface area contributed by atoms with Gasteiger partial charge in [0.05, 0.1) is 28.8 Å². The van der Waals surface area contributed by atoms with Crippen molar-refractivity contribution in [1.29, 1.82) is 0 Å². The van der Waals surface area contributed by atoms with E-state index in [1.54, 1.807) is 24.3 Å². The Morgan fingerprint density at radius 3 is 2.68 bits per heavy atom. The van der Waals surface area contributed by atoms with Crippen LogP contribution >= 0.6 is 22.9 Å². The molecule has 8 heteroatoms. The molecule has 0 atom stereocenters. The molecule has 0 unspecified atom stereocenters. The Labute approximate surface area is 154 Å². The standard InChI is InChI=1S/C17H17ClN2O4S/c18-11-9-13-14(24-7-2-6-23-13)10-12(11)20-16(21)4-5-19-17(22)15-3-1-8-25-15/h1,3,8-10H,2,4-7H2,(H,19,22)(H,20,21). The smallest absolute Gasteiger partial charge is 0.261 e. The fraction of sp³-hybridized carbons (Fsp3) is 0.294. The summed E-state index contributed by atoms with van der Waals surface area (Å²) in [7, 11) is 0. The normalized spacial score (nSPS) is 13.0. The molecule has 2 aromatic rings. The summed E-state index contributed by atoms with van der Waals surface area (Å²) < 4.78 is 11.1. The summed E-state index contributed by atoms with van der Waals surface area (Å²) in [4.78, 5) is 24.5. The van der Waals surface area contributed by atoms with Crippen LogP contribution in [0.15, 0.2) is 29.6 Å². The zero-order chi connectivity index (χ0) is 17.6. The predicted molar refractivity (Wildman–Crippen MR) is 97.0 cm³/mol. The molecule has 0 spiro atoms. The summed E-state index contributed by atoms with van der Waals surface area (Å²) in [5, 5.41) is 7.64. The number of hydrogen-bond acceptors (Lipinski definition) is 5. The van der Waals surface area contributed by atoms with Crippen molar-refractivity contribution >= 4 is 40.4 Å². The highest BCUT2D eigenvalue weighted by molar-refractivity contribution is 7.12. The molecule has 0 fully saturated rings. The molecule has 1 aliphatic heterocycles. The number of anilines is 1. The first-order valence-electron chi connectivity index (χ1n) is 7.84. The van der Waals surface area contributed by atoms with E-state index in [1.807, 2.05) is 5.38 Å². The quantitative estimate of drug-likeness (QED) is 0.834. The number of hydrogen-bond donors (Lipinski definition) is 2. The number of rotatable bonds is 5. The third-order valence-electron chi connectivity index (χ3n) is 3.49. The summed E-state index contributed by atoms with van der Waals surface area (Å²) in [5.74, 6) is 0.700. The van der Waals surface area contributed by atoms with Crippen LogP contribution < -0.4 is 20.1 Å². The van der Waals surface area contributed by atoms with Crippen LogP contribution in [0.4, 0.5) is 5.69 Å². The van der Waals surface area contributed by atoms with E-state index in [9.17, 15) is 9.59 Å². The molecular formula is C17H17ClN2O4S. The van der Waals surface area contributed by atoms with Crippen LogP contribution in [0.3, 0.4) is 0 Å². The fourth-order valence-corrected chi connectivity index (χ4v) is 3.12. The molecule has 2 N–H and O–H groups in total. The second-order valence-corrected chi connectivity index (χ2v) is 6.72. The SMILES string of the molecule is O=C(CCNC(=O)c1cccs1)Nc1cc2c(cc1Cl)OCCCO2. The highest BCUT2D eigenvalue weighted by atomic mass is 35.5. The Balaban J connectivity index is 1.54. The number of halogens is 1. The number of benzene rings is 1. The molecule has 0 bridgehead atoms. The van der Waals surface area contributed by atoms with Crippen molar-refractivity contribution in [3.8, 4) is 11.5 Å². The maximum atomic E-state index is 12.1. The Kier molecular flexibility index (Phi) is 5.78. The summed E-state index contributed by atoms with van der Waals surface area (Å²) in [6, 6.07) is 6.83. The van der Waals surface area contributed by atoms with Gasteiger partial charge in [-0.3, -0.25) is 9.59 Å². The number of amides is 2. The lowest BCUT2D eigenvalue weighted by molar-refractivity contribution is -0.116. The second kappa shape index (κ2) is 8.22. The van der Waals surface area contributed by atoms with E-state index in [1.165, 1.54) is 11.3 Å². The van der Waals surface area contributed by atoms with Gasteiger partial charge in [0.15, 0.2) is 11.5 Å². The van der Waals surface area contributed by atoms with E-state index in [0.29, 0.717) is 40.3 Å². The molecule has 0 radical (unpaired) electrons. The van der Waals surface area contributed by atoms with Crippen LogP contribution in [0, 0.1) is 0 Å². The fourth-order valence-electron chi connectivity index (χ4n) is 2.28. The Morgan fingerprint density at radius 2 is 1.96 bits per heavy atom. The van der Waals surface area contributed by atoms with Gasteiger partial charge in [-0.15, -0.1) is 11.3 Å². The number of fused-ring (bicyclic) bond motifs is 1. The van der Waals surface area contributed by atoms with Crippen LogP contribution in [0.1, 0.15) is 22.5 Å². The number of carbonyl (C=O) groups is 2. The summed E-state index contributed by atoms with van der Waals surface area (Å²) >= 11 is 7.55. The lowest BCUT2D eigenvalue weighted by Crippen LogP contribution is -2.27. The third-order valence-corrected chi connectivity index (χ3v) is 4.68. The highest BCUT2D eigenvalue weighted by Crippen LogP contribution is 2.37. The molecule has 132 valence electrons. The van der Waals surface area contributed by atoms with Crippen LogP contribution in [0.2, 0.25) is 5.02 Å². The van der Waals surface area contributed by atoms with E-state index < -0.39 is 0 Å². The van der Waals surface area contributed by atoms with Crippen molar-refractivity contribution in [3.63, 3.8) is 0 Å². The molecule has 25 heavy (non-hydrogen) atoms. The molecular weight excluding hydrogens is 364 g/mol. The minimum Gasteiger partial charge on any atom is -0.490 e. The molecule has 1 aromatic heterocycles. The van der Waals surface area contributed by atoms with Gasteiger partial charge < -0.3 is 20.1 Å². The summed E-state index contributed by atoms with van der Waals surface area (Å²) in [5.41, 5.74) is 0.459. The van der Waals surface area contributed by atoms with Crippen molar-refractivity contribution in [1.82, 2.24) is 5.32 Å². The predicted octanol–water partition coefficient (Wildman–Crippen LogP) is 3.32. The third kappa shape index (κ3) is 4.64. The van der Waals surface area contributed by atoms with E-state index in [-0.39, 0.29) is 24.8 Å². The maximum absolute atomic E-state index is 12.1. The van der Waals surface area contributed by atoms with Gasteiger partial charge in [-0.25, -0.2) is 0 Å². The van der Waals surface area contributed by atoms with E-state index in [4.69, 9.17) is 21.1 Å².